The van der Waals surface area contributed by atoms with Crippen molar-refractivity contribution in [3.63, 3.8) is 0 Å². The number of carboxylic acids is 1. The Hall–Kier alpha value is -1.35. The van der Waals surface area contributed by atoms with Gasteiger partial charge in [0.05, 0.1) is 11.7 Å². The predicted molar refractivity (Wildman–Crippen MR) is 60.5 cm³/mol. The summed E-state index contributed by atoms with van der Waals surface area (Å²) in [7, 11) is 0. The molecular weight excluding hydrogens is 204 g/mol. The molecule has 0 fully saturated rings. The summed E-state index contributed by atoms with van der Waals surface area (Å²) in [5.41, 5.74) is 1.85. The Bertz CT molecular complexity index is 435. The maximum atomic E-state index is 11.1. The Labute approximate surface area is 94.7 Å². The summed E-state index contributed by atoms with van der Waals surface area (Å²) in [5.74, 6) is -0.915. The largest absolute Gasteiger partial charge is 0.478 e. The van der Waals surface area contributed by atoms with E-state index >= 15 is 0 Å². The minimum Gasteiger partial charge on any atom is -0.478 e. The summed E-state index contributed by atoms with van der Waals surface area (Å²) >= 11 is 0. The lowest BCUT2D eigenvalue weighted by molar-refractivity contribution is 0.0689. The lowest BCUT2D eigenvalue weighted by atomic mass is 9.72. The van der Waals surface area contributed by atoms with Gasteiger partial charge in [-0.25, -0.2) is 4.79 Å². The van der Waals surface area contributed by atoms with Crippen molar-refractivity contribution in [3.05, 3.63) is 34.9 Å². The Morgan fingerprint density at radius 2 is 2.12 bits per heavy atom. The number of hydrogen-bond acceptors (Lipinski definition) is 2. The molecule has 1 unspecified atom stereocenters. The molecule has 0 aromatic heterocycles. The number of aliphatic hydroxyl groups is 1. The topological polar surface area (TPSA) is 57.5 Å². The van der Waals surface area contributed by atoms with E-state index in [4.69, 9.17) is 5.11 Å². The van der Waals surface area contributed by atoms with Crippen molar-refractivity contribution in [2.45, 2.75) is 32.8 Å². The number of aromatic carboxylic acids is 1. The van der Waals surface area contributed by atoms with Gasteiger partial charge < -0.3 is 10.2 Å². The molecule has 0 aliphatic heterocycles. The van der Waals surface area contributed by atoms with Gasteiger partial charge in [-0.3, -0.25) is 0 Å². The van der Waals surface area contributed by atoms with Crippen molar-refractivity contribution in [3.8, 4) is 0 Å². The first-order valence-electron chi connectivity index (χ1n) is 5.44. The molecule has 2 rings (SSSR count). The zero-order valence-corrected chi connectivity index (χ0v) is 9.53. The summed E-state index contributed by atoms with van der Waals surface area (Å²) in [4.78, 5) is 11.1. The molecule has 1 aromatic carbocycles. The first-order chi connectivity index (χ1) is 7.41. The van der Waals surface area contributed by atoms with Crippen LogP contribution < -0.4 is 0 Å². The van der Waals surface area contributed by atoms with Crippen molar-refractivity contribution < 1.29 is 15.0 Å². The average molecular weight is 220 g/mol. The molecule has 0 heterocycles. The summed E-state index contributed by atoms with van der Waals surface area (Å²) in [6, 6.07) is 5.13. The van der Waals surface area contributed by atoms with Gasteiger partial charge in [-0.2, -0.15) is 0 Å². The van der Waals surface area contributed by atoms with Gasteiger partial charge in [-0.05, 0) is 35.4 Å². The summed E-state index contributed by atoms with van der Waals surface area (Å²) in [6.45, 7) is 4.11. The van der Waals surface area contributed by atoms with Crippen molar-refractivity contribution in [1.29, 1.82) is 0 Å². The van der Waals surface area contributed by atoms with Gasteiger partial charge in [-0.1, -0.05) is 26.0 Å². The molecule has 16 heavy (non-hydrogen) atoms. The van der Waals surface area contributed by atoms with Crippen molar-refractivity contribution >= 4 is 5.97 Å². The normalized spacial score (nSPS) is 22.6. The van der Waals surface area contributed by atoms with Gasteiger partial charge in [0.1, 0.15) is 0 Å². The first kappa shape index (κ1) is 11.1. The van der Waals surface area contributed by atoms with Crippen LogP contribution in [0.5, 0.6) is 0 Å². The monoisotopic (exact) mass is 220 g/mol. The number of rotatable bonds is 1. The third-order valence-electron chi connectivity index (χ3n) is 3.20. The minimum absolute atomic E-state index is 0.0437. The van der Waals surface area contributed by atoms with Crippen LogP contribution in [0.4, 0.5) is 0 Å². The predicted octanol–water partition coefficient (Wildman–Crippen LogP) is 2.39. The van der Waals surface area contributed by atoms with Crippen LogP contribution in [-0.4, -0.2) is 16.2 Å². The molecular formula is C13H16O3. The van der Waals surface area contributed by atoms with Crippen LogP contribution in [0.3, 0.4) is 0 Å². The summed E-state index contributed by atoms with van der Waals surface area (Å²) < 4.78 is 0. The van der Waals surface area contributed by atoms with E-state index in [2.05, 4.69) is 13.8 Å². The van der Waals surface area contributed by atoms with E-state index in [-0.39, 0.29) is 5.41 Å². The average Bonchev–Trinajstić information content (AvgIpc) is 2.14. The molecule has 86 valence electrons. The molecule has 3 heteroatoms. The van der Waals surface area contributed by atoms with Crippen LogP contribution in [-0.2, 0) is 6.42 Å². The van der Waals surface area contributed by atoms with Gasteiger partial charge in [-0.15, -0.1) is 0 Å². The maximum Gasteiger partial charge on any atom is 0.335 e. The Morgan fingerprint density at radius 1 is 1.44 bits per heavy atom. The fourth-order valence-electron chi connectivity index (χ4n) is 2.50. The van der Waals surface area contributed by atoms with Crippen LogP contribution in [0.1, 0.15) is 47.9 Å². The first-order valence-corrected chi connectivity index (χ1v) is 5.44. The van der Waals surface area contributed by atoms with Gasteiger partial charge in [0.2, 0.25) is 0 Å². The highest BCUT2D eigenvalue weighted by Gasteiger charge is 2.33. The van der Waals surface area contributed by atoms with Crippen LogP contribution in [0.2, 0.25) is 0 Å². The second-order valence-electron chi connectivity index (χ2n) is 5.24. The lowest BCUT2D eigenvalue weighted by Crippen LogP contribution is -2.27. The quantitative estimate of drug-likeness (QED) is 0.764. The Kier molecular flexibility index (Phi) is 2.50. The molecule has 0 radical (unpaired) electrons. The zero-order chi connectivity index (χ0) is 11.9. The molecule has 1 aliphatic carbocycles. The van der Waals surface area contributed by atoms with Crippen molar-refractivity contribution in [2.75, 3.05) is 0 Å². The van der Waals surface area contributed by atoms with E-state index in [1.165, 1.54) is 0 Å². The number of benzene rings is 1. The standard InChI is InChI=1S/C13H16O3/c1-13(2)6-10-8(11(14)7-13)4-3-5-9(10)12(15)16/h3-5,11,14H,6-7H2,1-2H3,(H,15,16). The number of hydrogen-bond donors (Lipinski definition) is 2. The fraction of sp³-hybridized carbons (Fsp3) is 0.462. The highest BCUT2D eigenvalue weighted by molar-refractivity contribution is 5.90. The minimum atomic E-state index is -0.915. The SMILES string of the molecule is CC1(C)Cc2c(C(=O)O)cccc2C(O)C1. The fourth-order valence-corrected chi connectivity index (χ4v) is 2.50. The van der Waals surface area contributed by atoms with E-state index in [0.717, 1.165) is 11.1 Å². The van der Waals surface area contributed by atoms with Gasteiger partial charge >= 0.3 is 5.97 Å². The van der Waals surface area contributed by atoms with Crippen molar-refractivity contribution in [1.82, 2.24) is 0 Å². The summed E-state index contributed by atoms with van der Waals surface area (Å²) in [6.07, 6.45) is 0.850. The molecule has 1 aliphatic rings. The molecule has 0 amide bonds. The number of carboxylic acid groups (broad SMARTS) is 1. The third kappa shape index (κ3) is 1.83. The van der Waals surface area contributed by atoms with E-state index in [0.29, 0.717) is 18.4 Å². The van der Waals surface area contributed by atoms with E-state index < -0.39 is 12.1 Å². The van der Waals surface area contributed by atoms with Crippen LogP contribution in [0.15, 0.2) is 18.2 Å². The molecule has 3 nitrogen and oxygen atoms in total. The van der Waals surface area contributed by atoms with E-state index in [1.54, 1.807) is 12.1 Å². The number of aliphatic hydroxyl groups excluding tert-OH is 1. The maximum absolute atomic E-state index is 11.1. The molecule has 1 atom stereocenters. The van der Waals surface area contributed by atoms with Gasteiger partial charge in [0.15, 0.2) is 0 Å². The number of fused-ring (bicyclic) bond motifs is 1. The van der Waals surface area contributed by atoms with Gasteiger partial charge in [0, 0.05) is 0 Å². The Balaban J connectivity index is 2.57. The smallest absolute Gasteiger partial charge is 0.335 e. The second kappa shape index (κ2) is 3.59. The lowest BCUT2D eigenvalue weighted by Gasteiger charge is -2.35. The third-order valence-corrected chi connectivity index (χ3v) is 3.20. The van der Waals surface area contributed by atoms with Crippen LogP contribution in [0.25, 0.3) is 0 Å². The molecule has 0 spiro atoms. The second-order valence-corrected chi connectivity index (χ2v) is 5.24. The van der Waals surface area contributed by atoms with Gasteiger partial charge in [0.25, 0.3) is 0 Å². The highest BCUT2D eigenvalue weighted by atomic mass is 16.4. The summed E-state index contributed by atoms with van der Waals surface area (Å²) in [5, 5.41) is 19.1. The number of carbonyl (C=O) groups is 1. The van der Waals surface area contributed by atoms with E-state index in [9.17, 15) is 9.90 Å². The zero-order valence-electron chi connectivity index (χ0n) is 9.53. The Morgan fingerprint density at radius 3 is 2.75 bits per heavy atom. The molecule has 1 aromatic rings. The van der Waals surface area contributed by atoms with Crippen molar-refractivity contribution in [2.24, 2.45) is 5.41 Å². The molecule has 0 saturated carbocycles. The molecule has 0 saturated heterocycles. The molecule has 0 bridgehead atoms. The highest BCUT2D eigenvalue weighted by Crippen LogP contribution is 2.41. The van der Waals surface area contributed by atoms with Crippen LogP contribution >= 0.6 is 0 Å². The van der Waals surface area contributed by atoms with E-state index in [1.807, 2.05) is 6.07 Å². The molecule has 2 N–H and O–H groups in total. The van der Waals surface area contributed by atoms with Crippen LogP contribution in [0, 0.1) is 5.41 Å².